The molecule has 0 unspecified atom stereocenters. The standard InChI is InChI=1S/C18H27N7S/c1-5-24-8-6-7-14(16(24)15-9-19-23(4)12-15)11-22(3)18-21-25-10-13(2)20-17(25)26-18/h9-10,12,14,16H,5-8,11H2,1-4H3/t14-,16+/m0/s1. The van der Waals surface area contributed by atoms with Crippen molar-refractivity contribution in [2.75, 3.05) is 31.6 Å². The van der Waals surface area contributed by atoms with Crippen LogP contribution in [-0.2, 0) is 7.05 Å². The van der Waals surface area contributed by atoms with E-state index in [1.807, 2.05) is 35.6 Å². The van der Waals surface area contributed by atoms with Crippen LogP contribution >= 0.6 is 11.3 Å². The Hall–Kier alpha value is -1.93. The molecule has 0 spiro atoms. The molecule has 1 fully saturated rings. The number of nitrogens with zero attached hydrogens (tertiary/aromatic N) is 7. The summed E-state index contributed by atoms with van der Waals surface area (Å²) in [6.07, 6.45) is 8.68. The molecule has 3 aromatic rings. The topological polar surface area (TPSA) is 54.5 Å². The summed E-state index contributed by atoms with van der Waals surface area (Å²) in [5.74, 6) is 0.566. The first-order chi connectivity index (χ1) is 12.5. The molecule has 1 aliphatic rings. The SMILES string of the molecule is CCN1CCC[C@@H](CN(C)c2nn3cc(C)nc3s2)[C@@H]1c1cnn(C)c1. The molecule has 4 heterocycles. The van der Waals surface area contributed by atoms with Gasteiger partial charge in [-0.05, 0) is 38.8 Å². The number of fused-ring (bicyclic) bond motifs is 1. The summed E-state index contributed by atoms with van der Waals surface area (Å²) < 4.78 is 3.81. The zero-order valence-electron chi connectivity index (χ0n) is 16.0. The van der Waals surface area contributed by atoms with Gasteiger partial charge in [-0.1, -0.05) is 18.3 Å². The van der Waals surface area contributed by atoms with Gasteiger partial charge in [-0.15, -0.1) is 5.10 Å². The lowest BCUT2D eigenvalue weighted by atomic mass is 9.85. The van der Waals surface area contributed by atoms with E-state index in [1.165, 1.54) is 24.9 Å². The van der Waals surface area contributed by atoms with Crippen LogP contribution in [0.1, 0.15) is 37.1 Å². The number of imidazole rings is 1. The van der Waals surface area contributed by atoms with Gasteiger partial charge in [0, 0.05) is 38.4 Å². The van der Waals surface area contributed by atoms with Gasteiger partial charge in [0.25, 0.3) is 0 Å². The average molecular weight is 374 g/mol. The number of aryl methyl sites for hydroxylation is 2. The molecule has 1 aliphatic heterocycles. The molecule has 26 heavy (non-hydrogen) atoms. The van der Waals surface area contributed by atoms with Gasteiger partial charge >= 0.3 is 0 Å². The maximum Gasteiger partial charge on any atom is 0.214 e. The Bertz CT molecular complexity index is 848. The number of hydrogen-bond donors (Lipinski definition) is 0. The Morgan fingerprint density at radius 1 is 1.35 bits per heavy atom. The Balaban J connectivity index is 1.56. The van der Waals surface area contributed by atoms with E-state index in [4.69, 9.17) is 5.10 Å². The minimum Gasteiger partial charge on any atom is -0.349 e. The molecule has 0 aromatic carbocycles. The molecule has 0 amide bonds. The fourth-order valence-electron chi connectivity index (χ4n) is 4.16. The molecule has 2 atom stereocenters. The zero-order valence-corrected chi connectivity index (χ0v) is 16.8. The average Bonchev–Trinajstić information content (AvgIpc) is 3.29. The van der Waals surface area contributed by atoms with Crippen LogP contribution in [0, 0.1) is 12.8 Å². The molecule has 3 aromatic heterocycles. The Labute approximate surface area is 158 Å². The third-order valence-electron chi connectivity index (χ3n) is 5.32. The zero-order chi connectivity index (χ0) is 18.3. The van der Waals surface area contributed by atoms with Crippen LogP contribution in [0.25, 0.3) is 4.96 Å². The summed E-state index contributed by atoms with van der Waals surface area (Å²) in [4.78, 5) is 10.4. The molecular formula is C18H27N7S. The summed E-state index contributed by atoms with van der Waals surface area (Å²) in [7, 11) is 4.15. The van der Waals surface area contributed by atoms with Crippen molar-refractivity contribution >= 4 is 21.4 Å². The lowest BCUT2D eigenvalue weighted by Crippen LogP contribution is -2.42. The summed E-state index contributed by atoms with van der Waals surface area (Å²) >= 11 is 1.66. The fourth-order valence-corrected chi connectivity index (χ4v) is 5.06. The van der Waals surface area contributed by atoms with Crippen molar-refractivity contribution in [2.24, 2.45) is 13.0 Å². The van der Waals surface area contributed by atoms with E-state index in [1.54, 1.807) is 11.3 Å². The first-order valence-corrected chi connectivity index (χ1v) is 10.1. The number of likely N-dealkylation sites (tertiary alicyclic amines) is 1. The van der Waals surface area contributed by atoms with E-state index in [0.717, 1.165) is 28.9 Å². The van der Waals surface area contributed by atoms with Crippen LogP contribution in [-0.4, -0.2) is 56.0 Å². The third kappa shape index (κ3) is 3.23. The van der Waals surface area contributed by atoms with E-state index in [-0.39, 0.29) is 0 Å². The molecule has 7 nitrogen and oxygen atoms in total. The van der Waals surface area contributed by atoms with Crippen molar-refractivity contribution in [1.82, 2.24) is 29.3 Å². The largest absolute Gasteiger partial charge is 0.349 e. The molecule has 140 valence electrons. The Morgan fingerprint density at radius 2 is 2.19 bits per heavy atom. The van der Waals surface area contributed by atoms with Gasteiger partial charge in [-0.2, -0.15) is 5.10 Å². The molecule has 1 saturated heterocycles. The summed E-state index contributed by atoms with van der Waals surface area (Å²) in [5, 5.41) is 10.2. The van der Waals surface area contributed by atoms with Crippen LogP contribution in [0.15, 0.2) is 18.6 Å². The van der Waals surface area contributed by atoms with Gasteiger partial charge in [0.15, 0.2) is 0 Å². The van der Waals surface area contributed by atoms with Crippen molar-refractivity contribution in [3.63, 3.8) is 0 Å². The monoisotopic (exact) mass is 373 g/mol. The molecule has 0 bridgehead atoms. The molecular weight excluding hydrogens is 346 g/mol. The van der Waals surface area contributed by atoms with Gasteiger partial charge in [0.1, 0.15) is 0 Å². The number of aromatic nitrogens is 5. The molecule has 0 N–H and O–H groups in total. The molecule has 4 rings (SSSR count). The number of anilines is 1. The smallest absolute Gasteiger partial charge is 0.214 e. The van der Waals surface area contributed by atoms with Crippen LogP contribution in [0.3, 0.4) is 0 Å². The molecule has 8 heteroatoms. The van der Waals surface area contributed by atoms with E-state index in [2.05, 4.69) is 40.1 Å². The van der Waals surface area contributed by atoms with Crippen LogP contribution in [0.2, 0.25) is 0 Å². The third-order valence-corrected chi connectivity index (χ3v) is 6.36. The number of piperidine rings is 1. The van der Waals surface area contributed by atoms with Crippen LogP contribution in [0.4, 0.5) is 5.13 Å². The van der Waals surface area contributed by atoms with Crippen molar-refractivity contribution in [3.8, 4) is 0 Å². The number of rotatable bonds is 5. The van der Waals surface area contributed by atoms with Crippen LogP contribution in [0.5, 0.6) is 0 Å². The van der Waals surface area contributed by atoms with E-state index >= 15 is 0 Å². The van der Waals surface area contributed by atoms with E-state index in [0.29, 0.717) is 12.0 Å². The second-order valence-electron chi connectivity index (χ2n) is 7.30. The molecule has 0 saturated carbocycles. The molecule has 0 aliphatic carbocycles. The summed E-state index contributed by atoms with van der Waals surface area (Å²) in [5.41, 5.74) is 2.34. The Kier molecular flexibility index (Phi) is 4.71. The quantitative estimate of drug-likeness (QED) is 0.688. The highest BCUT2D eigenvalue weighted by atomic mass is 32.1. The van der Waals surface area contributed by atoms with E-state index < -0.39 is 0 Å². The predicted octanol–water partition coefficient (Wildman–Crippen LogP) is 2.74. The lowest BCUT2D eigenvalue weighted by Gasteiger charge is -2.41. The number of hydrogen-bond acceptors (Lipinski definition) is 6. The maximum absolute atomic E-state index is 4.71. The van der Waals surface area contributed by atoms with Crippen molar-refractivity contribution in [3.05, 3.63) is 29.8 Å². The fraction of sp³-hybridized carbons (Fsp3) is 0.611. The second kappa shape index (κ2) is 7.00. The van der Waals surface area contributed by atoms with Crippen LogP contribution < -0.4 is 4.90 Å². The van der Waals surface area contributed by atoms with E-state index in [9.17, 15) is 0 Å². The van der Waals surface area contributed by atoms with Gasteiger partial charge in [0.2, 0.25) is 10.1 Å². The minimum absolute atomic E-state index is 0.427. The van der Waals surface area contributed by atoms with Crippen molar-refractivity contribution in [2.45, 2.75) is 32.7 Å². The van der Waals surface area contributed by atoms with Crippen molar-refractivity contribution in [1.29, 1.82) is 0 Å². The maximum atomic E-state index is 4.71. The highest BCUT2D eigenvalue weighted by Crippen LogP contribution is 2.37. The Morgan fingerprint density at radius 3 is 2.88 bits per heavy atom. The molecule has 0 radical (unpaired) electrons. The second-order valence-corrected chi connectivity index (χ2v) is 8.23. The van der Waals surface area contributed by atoms with Gasteiger partial charge in [-0.25, -0.2) is 9.50 Å². The van der Waals surface area contributed by atoms with Crippen molar-refractivity contribution < 1.29 is 0 Å². The first kappa shape index (κ1) is 17.5. The summed E-state index contributed by atoms with van der Waals surface area (Å²) in [6, 6.07) is 0.427. The normalized spacial score (nSPS) is 21.5. The van der Waals surface area contributed by atoms with Gasteiger partial charge in [-0.3, -0.25) is 9.58 Å². The summed E-state index contributed by atoms with van der Waals surface area (Å²) in [6.45, 7) is 7.49. The predicted molar refractivity (Wildman–Crippen MR) is 105 cm³/mol. The lowest BCUT2D eigenvalue weighted by molar-refractivity contribution is 0.101. The minimum atomic E-state index is 0.427. The highest BCUT2D eigenvalue weighted by molar-refractivity contribution is 7.20. The van der Waals surface area contributed by atoms with Gasteiger partial charge < -0.3 is 4.90 Å². The first-order valence-electron chi connectivity index (χ1n) is 9.31. The highest BCUT2D eigenvalue weighted by Gasteiger charge is 2.33. The van der Waals surface area contributed by atoms with Gasteiger partial charge in [0.05, 0.1) is 18.1 Å².